The van der Waals surface area contributed by atoms with E-state index in [1.54, 1.807) is 19.1 Å². The van der Waals surface area contributed by atoms with Gasteiger partial charge in [0.05, 0.1) is 11.6 Å². The molecule has 0 radical (unpaired) electrons. The van der Waals surface area contributed by atoms with Crippen LogP contribution in [0.3, 0.4) is 0 Å². The number of carbonyl (C=O) groups is 1. The molecule has 2 aromatic rings. The first-order valence-electron chi connectivity index (χ1n) is 4.67. The van der Waals surface area contributed by atoms with E-state index in [4.69, 9.17) is 32.4 Å². The molecule has 0 aliphatic carbocycles. The fourth-order valence-electron chi connectivity index (χ4n) is 1.41. The summed E-state index contributed by atoms with van der Waals surface area (Å²) >= 11 is 11.8. The first-order valence-corrected chi connectivity index (χ1v) is 5.43. The van der Waals surface area contributed by atoms with Crippen molar-refractivity contribution in [2.45, 2.75) is 6.92 Å². The van der Waals surface area contributed by atoms with E-state index < -0.39 is 5.97 Å². The van der Waals surface area contributed by atoms with Crippen LogP contribution in [0, 0.1) is 0 Å². The lowest BCUT2D eigenvalue weighted by molar-refractivity contribution is 0.0527. The molecular weight excluding hydrogens is 251 g/mol. The van der Waals surface area contributed by atoms with Gasteiger partial charge in [-0.25, -0.2) is 4.79 Å². The van der Waals surface area contributed by atoms with E-state index in [2.05, 4.69) is 0 Å². The average Bonchev–Trinajstić information content (AvgIpc) is 2.68. The van der Waals surface area contributed by atoms with Crippen LogP contribution < -0.4 is 0 Å². The number of hydrogen-bond acceptors (Lipinski definition) is 3. The monoisotopic (exact) mass is 258 g/mol. The zero-order valence-corrected chi connectivity index (χ0v) is 9.93. The van der Waals surface area contributed by atoms with Crippen LogP contribution >= 0.6 is 23.2 Å². The van der Waals surface area contributed by atoms with Crippen molar-refractivity contribution in [1.82, 2.24) is 0 Å². The number of benzene rings is 1. The summed E-state index contributed by atoms with van der Waals surface area (Å²) in [6.07, 6.45) is 1.32. The number of hydrogen-bond donors (Lipinski definition) is 0. The van der Waals surface area contributed by atoms with Crippen molar-refractivity contribution in [3.05, 3.63) is 34.0 Å². The quantitative estimate of drug-likeness (QED) is 0.767. The summed E-state index contributed by atoms with van der Waals surface area (Å²) in [6.45, 7) is 2.05. The van der Waals surface area contributed by atoms with E-state index in [0.717, 1.165) is 0 Å². The summed E-state index contributed by atoms with van der Waals surface area (Å²) in [5.41, 5.74) is 0.757. The lowest BCUT2D eigenvalue weighted by atomic mass is 10.2. The SMILES string of the molecule is CCOC(=O)c1coc2c(Cl)c(Cl)ccc12. The topological polar surface area (TPSA) is 39.4 Å². The first-order chi connectivity index (χ1) is 7.65. The van der Waals surface area contributed by atoms with E-state index in [1.165, 1.54) is 6.26 Å². The molecule has 2 rings (SSSR count). The maximum absolute atomic E-state index is 11.6. The Labute approximate surface area is 102 Å². The van der Waals surface area contributed by atoms with Gasteiger partial charge >= 0.3 is 5.97 Å². The molecule has 0 saturated heterocycles. The van der Waals surface area contributed by atoms with Crippen LogP contribution in [0.25, 0.3) is 11.0 Å². The predicted octanol–water partition coefficient (Wildman–Crippen LogP) is 3.92. The van der Waals surface area contributed by atoms with Gasteiger partial charge in [-0.15, -0.1) is 0 Å². The highest BCUT2D eigenvalue weighted by atomic mass is 35.5. The van der Waals surface area contributed by atoms with E-state index in [9.17, 15) is 4.79 Å². The molecular formula is C11H8Cl2O3. The Balaban J connectivity index is 2.58. The zero-order chi connectivity index (χ0) is 11.7. The molecule has 84 valence electrons. The summed E-state index contributed by atoms with van der Waals surface area (Å²) in [4.78, 5) is 11.6. The lowest BCUT2D eigenvalue weighted by Gasteiger charge is -1.99. The number of halogens is 2. The Morgan fingerprint density at radius 2 is 2.19 bits per heavy atom. The molecule has 0 bridgehead atoms. The van der Waals surface area contributed by atoms with Crippen LogP contribution in [0.15, 0.2) is 22.8 Å². The highest BCUT2D eigenvalue weighted by Crippen LogP contribution is 2.33. The van der Waals surface area contributed by atoms with Gasteiger partial charge in [0.25, 0.3) is 0 Å². The number of rotatable bonds is 2. The molecule has 0 spiro atoms. The van der Waals surface area contributed by atoms with Crippen LogP contribution in [0.4, 0.5) is 0 Å². The molecule has 0 aliphatic rings. The van der Waals surface area contributed by atoms with E-state index >= 15 is 0 Å². The number of furan rings is 1. The first kappa shape index (κ1) is 11.3. The van der Waals surface area contributed by atoms with Gasteiger partial charge in [0.1, 0.15) is 16.8 Å². The molecule has 0 fully saturated rings. The molecule has 0 saturated carbocycles. The van der Waals surface area contributed by atoms with Crippen molar-refractivity contribution < 1.29 is 13.9 Å². The molecule has 0 N–H and O–H groups in total. The highest BCUT2D eigenvalue weighted by molar-refractivity contribution is 6.45. The van der Waals surface area contributed by atoms with Gasteiger partial charge in [-0.3, -0.25) is 0 Å². The standard InChI is InChI=1S/C11H8Cl2O3/c1-2-15-11(14)7-5-16-10-6(7)3-4-8(12)9(10)13/h3-5H,2H2,1H3. The van der Waals surface area contributed by atoms with Gasteiger partial charge < -0.3 is 9.15 Å². The Bertz CT molecular complexity index is 545. The smallest absolute Gasteiger partial charge is 0.342 e. The Hall–Kier alpha value is -1.19. The molecule has 0 atom stereocenters. The van der Waals surface area contributed by atoms with Crippen molar-refractivity contribution in [3.63, 3.8) is 0 Å². The minimum Gasteiger partial charge on any atom is -0.462 e. The van der Waals surface area contributed by atoms with E-state index in [0.29, 0.717) is 33.2 Å². The number of fused-ring (bicyclic) bond motifs is 1. The third-order valence-corrected chi connectivity index (χ3v) is 2.92. The molecule has 3 nitrogen and oxygen atoms in total. The van der Waals surface area contributed by atoms with Gasteiger partial charge in [-0.1, -0.05) is 23.2 Å². The van der Waals surface area contributed by atoms with Crippen molar-refractivity contribution in [3.8, 4) is 0 Å². The minimum atomic E-state index is -0.431. The summed E-state index contributed by atoms with van der Waals surface area (Å²) in [7, 11) is 0. The highest BCUT2D eigenvalue weighted by Gasteiger charge is 2.17. The molecule has 0 amide bonds. The lowest BCUT2D eigenvalue weighted by Crippen LogP contribution is -2.03. The van der Waals surface area contributed by atoms with Crippen molar-refractivity contribution in [2.75, 3.05) is 6.61 Å². The molecule has 0 aliphatic heterocycles. The molecule has 1 aromatic carbocycles. The Morgan fingerprint density at radius 1 is 1.44 bits per heavy atom. The summed E-state index contributed by atoms with van der Waals surface area (Å²) in [5.74, 6) is -0.431. The third-order valence-electron chi connectivity index (χ3n) is 2.13. The number of carbonyl (C=O) groups excluding carboxylic acids is 1. The molecule has 1 aromatic heterocycles. The van der Waals surface area contributed by atoms with Crippen LogP contribution in [0.5, 0.6) is 0 Å². The van der Waals surface area contributed by atoms with Gasteiger partial charge in [0.15, 0.2) is 5.58 Å². The second-order valence-corrected chi connectivity index (χ2v) is 3.89. The molecule has 0 unspecified atom stereocenters. The van der Waals surface area contributed by atoms with Crippen molar-refractivity contribution in [1.29, 1.82) is 0 Å². The summed E-state index contributed by atoms with van der Waals surface area (Å²) in [6, 6.07) is 3.30. The number of ether oxygens (including phenoxy) is 1. The fraction of sp³-hybridized carbons (Fsp3) is 0.182. The molecule has 1 heterocycles. The van der Waals surface area contributed by atoms with E-state index in [1.807, 2.05) is 0 Å². The zero-order valence-electron chi connectivity index (χ0n) is 8.42. The van der Waals surface area contributed by atoms with Crippen LogP contribution in [0.2, 0.25) is 10.0 Å². The van der Waals surface area contributed by atoms with Gasteiger partial charge in [-0.05, 0) is 19.1 Å². The molecule has 5 heteroatoms. The van der Waals surface area contributed by atoms with Gasteiger partial charge in [-0.2, -0.15) is 0 Å². The third kappa shape index (κ3) is 1.77. The molecule has 16 heavy (non-hydrogen) atoms. The largest absolute Gasteiger partial charge is 0.462 e. The Morgan fingerprint density at radius 3 is 2.88 bits per heavy atom. The van der Waals surface area contributed by atoms with Crippen LogP contribution in [0.1, 0.15) is 17.3 Å². The van der Waals surface area contributed by atoms with Gasteiger partial charge in [0, 0.05) is 5.39 Å². The summed E-state index contributed by atoms with van der Waals surface area (Å²) in [5, 5.41) is 1.29. The van der Waals surface area contributed by atoms with Gasteiger partial charge in [0.2, 0.25) is 0 Å². The second-order valence-electron chi connectivity index (χ2n) is 3.11. The van der Waals surface area contributed by atoms with Crippen LogP contribution in [-0.4, -0.2) is 12.6 Å². The minimum absolute atomic E-state index is 0.301. The average molecular weight is 259 g/mol. The number of esters is 1. The Kier molecular flexibility index (Phi) is 3.08. The maximum Gasteiger partial charge on any atom is 0.342 e. The van der Waals surface area contributed by atoms with E-state index in [-0.39, 0.29) is 0 Å². The van der Waals surface area contributed by atoms with Crippen molar-refractivity contribution >= 4 is 40.1 Å². The summed E-state index contributed by atoms with van der Waals surface area (Å²) < 4.78 is 10.1. The maximum atomic E-state index is 11.6. The van der Waals surface area contributed by atoms with Crippen LogP contribution in [-0.2, 0) is 4.74 Å². The fourth-order valence-corrected chi connectivity index (χ4v) is 1.77. The normalized spacial score (nSPS) is 10.7. The second kappa shape index (κ2) is 4.36. The predicted molar refractivity (Wildman–Crippen MR) is 62.2 cm³/mol. The van der Waals surface area contributed by atoms with Crippen molar-refractivity contribution in [2.24, 2.45) is 0 Å².